The van der Waals surface area contributed by atoms with Crippen LogP contribution >= 0.6 is 0 Å². The second-order valence-corrected chi connectivity index (χ2v) is 6.88. The molecule has 142 valence electrons. The van der Waals surface area contributed by atoms with E-state index in [1.807, 2.05) is 30.3 Å². The molecule has 0 heterocycles. The predicted octanol–water partition coefficient (Wildman–Crippen LogP) is 4.30. The lowest BCUT2D eigenvalue weighted by molar-refractivity contribution is -0.140. The highest BCUT2D eigenvalue weighted by molar-refractivity contribution is 6.18. The van der Waals surface area contributed by atoms with Gasteiger partial charge in [-0.2, -0.15) is 0 Å². The second-order valence-electron chi connectivity index (χ2n) is 6.88. The van der Waals surface area contributed by atoms with E-state index >= 15 is 0 Å². The average molecular weight is 374 g/mol. The number of carbonyl (C=O) groups is 3. The van der Waals surface area contributed by atoms with Crippen LogP contribution in [0, 0.1) is 0 Å². The molecule has 4 heteroatoms. The van der Waals surface area contributed by atoms with Gasteiger partial charge < -0.3 is 4.74 Å². The van der Waals surface area contributed by atoms with Crippen LogP contribution in [0.2, 0.25) is 0 Å². The first-order chi connectivity index (χ1) is 13.4. The van der Waals surface area contributed by atoms with Crippen molar-refractivity contribution in [3.8, 4) is 0 Å². The Balaban J connectivity index is 2.21. The number of fused-ring (bicyclic) bond motifs is 1. The van der Waals surface area contributed by atoms with E-state index in [0.717, 1.165) is 5.56 Å². The molecule has 3 rings (SSSR count). The monoisotopic (exact) mass is 374 g/mol. The molecule has 2 aromatic carbocycles. The summed E-state index contributed by atoms with van der Waals surface area (Å²) in [6.07, 6.45) is 3.06. The first-order valence-electron chi connectivity index (χ1n) is 9.21. The van der Waals surface area contributed by atoms with Crippen molar-refractivity contribution in [2.24, 2.45) is 0 Å². The normalized spacial score (nSPS) is 18.9. The Hall–Kier alpha value is -3.27. The lowest BCUT2D eigenvalue weighted by Crippen LogP contribution is -2.41. The summed E-state index contributed by atoms with van der Waals surface area (Å²) in [5.41, 5.74) is 1.26. The SMILES string of the molecule is CCOC(=O)/C(=C/C(=O)c1ccccc1)[C@@]1(C)C(=O)C(C)=Cc2ccccc21. The molecule has 1 aliphatic carbocycles. The van der Waals surface area contributed by atoms with Crippen molar-refractivity contribution in [1.29, 1.82) is 0 Å². The van der Waals surface area contributed by atoms with E-state index in [-0.39, 0.29) is 23.7 Å². The molecule has 0 fully saturated rings. The number of allylic oxidation sites excluding steroid dienone is 2. The van der Waals surface area contributed by atoms with Crippen molar-refractivity contribution in [2.45, 2.75) is 26.2 Å². The highest BCUT2D eigenvalue weighted by Gasteiger charge is 2.46. The summed E-state index contributed by atoms with van der Waals surface area (Å²) >= 11 is 0. The minimum absolute atomic E-state index is 0.0492. The number of ether oxygens (including phenoxy) is 1. The van der Waals surface area contributed by atoms with Crippen LogP contribution in [0.4, 0.5) is 0 Å². The summed E-state index contributed by atoms with van der Waals surface area (Å²) in [7, 11) is 0. The van der Waals surface area contributed by atoms with Gasteiger partial charge in [-0.05, 0) is 49.6 Å². The molecule has 0 aliphatic heterocycles. The Kier molecular flexibility index (Phi) is 5.41. The van der Waals surface area contributed by atoms with Gasteiger partial charge in [0.15, 0.2) is 11.6 Å². The third kappa shape index (κ3) is 3.33. The summed E-state index contributed by atoms with van der Waals surface area (Å²) in [6.45, 7) is 5.25. The Morgan fingerprint density at radius 1 is 1.04 bits per heavy atom. The molecule has 2 aromatic rings. The van der Waals surface area contributed by atoms with Gasteiger partial charge in [0.1, 0.15) is 0 Å². The smallest absolute Gasteiger partial charge is 0.335 e. The van der Waals surface area contributed by atoms with Crippen LogP contribution in [0.5, 0.6) is 0 Å². The Morgan fingerprint density at radius 2 is 1.68 bits per heavy atom. The second kappa shape index (κ2) is 7.77. The van der Waals surface area contributed by atoms with Crippen LogP contribution in [0.15, 0.2) is 71.8 Å². The number of hydrogen-bond donors (Lipinski definition) is 0. The molecule has 1 aliphatic rings. The maximum Gasteiger partial charge on any atom is 0.335 e. The number of ketones is 2. The molecule has 4 nitrogen and oxygen atoms in total. The molecular weight excluding hydrogens is 352 g/mol. The number of hydrogen-bond acceptors (Lipinski definition) is 4. The molecular formula is C24H22O4. The van der Waals surface area contributed by atoms with Crippen LogP contribution in [0.3, 0.4) is 0 Å². The van der Waals surface area contributed by atoms with E-state index in [2.05, 4.69) is 0 Å². The van der Waals surface area contributed by atoms with E-state index in [0.29, 0.717) is 16.7 Å². The number of benzene rings is 2. The van der Waals surface area contributed by atoms with E-state index in [1.165, 1.54) is 6.08 Å². The molecule has 0 radical (unpaired) electrons. The minimum Gasteiger partial charge on any atom is -0.463 e. The topological polar surface area (TPSA) is 60.4 Å². The fourth-order valence-electron chi connectivity index (χ4n) is 3.59. The van der Waals surface area contributed by atoms with Crippen LogP contribution in [-0.2, 0) is 19.7 Å². The van der Waals surface area contributed by atoms with Crippen molar-refractivity contribution in [3.05, 3.63) is 88.5 Å². The van der Waals surface area contributed by atoms with Crippen molar-refractivity contribution >= 4 is 23.6 Å². The van der Waals surface area contributed by atoms with Crippen molar-refractivity contribution < 1.29 is 19.1 Å². The number of Topliss-reactive ketones (excluding diaryl/α,β-unsaturated/α-hetero) is 1. The highest BCUT2D eigenvalue weighted by atomic mass is 16.5. The lowest BCUT2D eigenvalue weighted by Gasteiger charge is -2.34. The maximum atomic E-state index is 13.2. The molecule has 0 aromatic heterocycles. The molecule has 0 spiro atoms. The zero-order valence-corrected chi connectivity index (χ0v) is 16.2. The Bertz CT molecular complexity index is 998. The van der Waals surface area contributed by atoms with Crippen LogP contribution in [-0.4, -0.2) is 24.1 Å². The summed E-state index contributed by atoms with van der Waals surface area (Å²) in [5.74, 6) is -1.22. The zero-order valence-electron chi connectivity index (χ0n) is 16.2. The number of carbonyl (C=O) groups excluding carboxylic acids is 3. The molecule has 28 heavy (non-hydrogen) atoms. The molecule has 0 N–H and O–H groups in total. The third-order valence-electron chi connectivity index (χ3n) is 5.05. The van der Waals surface area contributed by atoms with Gasteiger partial charge in [-0.1, -0.05) is 54.6 Å². The lowest BCUT2D eigenvalue weighted by atomic mass is 9.66. The van der Waals surface area contributed by atoms with Crippen molar-refractivity contribution in [1.82, 2.24) is 0 Å². The number of rotatable bonds is 5. The standard InChI is InChI=1S/C24H22O4/c1-4-28-23(27)20(15-21(25)17-10-6-5-7-11-17)24(3)19-13-9-8-12-18(19)14-16(2)22(24)26/h5-15H,4H2,1-3H3/b20-15-/t24-/m0/s1. The van der Waals surface area contributed by atoms with E-state index in [4.69, 9.17) is 4.74 Å². The average Bonchev–Trinajstić information content (AvgIpc) is 2.71. The summed E-state index contributed by atoms with van der Waals surface area (Å²) in [6, 6.07) is 16.1. The molecule has 0 amide bonds. The summed E-state index contributed by atoms with van der Waals surface area (Å²) < 4.78 is 5.23. The van der Waals surface area contributed by atoms with Crippen LogP contribution in [0.25, 0.3) is 6.08 Å². The van der Waals surface area contributed by atoms with Gasteiger partial charge in [-0.3, -0.25) is 9.59 Å². The quantitative estimate of drug-likeness (QED) is 0.445. The highest BCUT2D eigenvalue weighted by Crippen LogP contribution is 2.42. The Labute approximate surface area is 164 Å². The van der Waals surface area contributed by atoms with Gasteiger partial charge >= 0.3 is 5.97 Å². The van der Waals surface area contributed by atoms with Gasteiger partial charge in [0.2, 0.25) is 0 Å². The largest absolute Gasteiger partial charge is 0.463 e. The summed E-state index contributed by atoms with van der Waals surface area (Å²) in [5, 5.41) is 0. The van der Waals surface area contributed by atoms with Gasteiger partial charge in [0.05, 0.1) is 17.6 Å². The Morgan fingerprint density at radius 3 is 2.36 bits per heavy atom. The molecule has 0 saturated heterocycles. The first kappa shape index (κ1) is 19.5. The van der Waals surface area contributed by atoms with Gasteiger partial charge in [0, 0.05) is 5.56 Å². The molecule has 0 saturated carbocycles. The maximum absolute atomic E-state index is 13.2. The fourth-order valence-corrected chi connectivity index (χ4v) is 3.59. The van der Waals surface area contributed by atoms with Gasteiger partial charge in [0.25, 0.3) is 0 Å². The first-order valence-corrected chi connectivity index (χ1v) is 9.21. The van der Waals surface area contributed by atoms with Gasteiger partial charge in [-0.25, -0.2) is 4.79 Å². The van der Waals surface area contributed by atoms with Gasteiger partial charge in [-0.15, -0.1) is 0 Å². The molecule has 0 unspecified atom stereocenters. The van der Waals surface area contributed by atoms with Crippen LogP contribution < -0.4 is 0 Å². The summed E-state index contributed by atoms with van der Waals surface area (Å²) in [4.78, 5) is 39.0. The molecule has 0 bridgehead atoms. The van der Waals surface area contributed by atoms with Crippen molar-refractivity contribution in [3.63, 3.8) is 0 Å². The molecule has 1 atom stereocenters. The number of esters is 1. The van der Waals surface area contributed by atoms with E-state index in [9.17, 15) is 14.4 Å². The van der Waals surface area contributed by atoms with Crippen molar-refractivity contribution in [2.75, 3.05) is 6.61 Å². The minimum atomic E-state index is -1.30. The zero-order chi connectivity index (χ0) is 20.3. The fraction of sp³-hybridized carbons (Fsp3) is 0.208. The third-order valence-corrected chi connectivity index (χ3v) is 5.05. The van der Waals surface area contributed by atoms with E-state index < -0.39 is 11.4 Å². The predicted molar refractivity (Wildman–Crippen MR) is 108 cm³/mol. The van der Waals surface area contributed by atoms with Crippen LogP contribution in [0.1, 0.15) is 42.3 Å². The van der Waals surface area contributed by atoms with E-state index in [1.54, 1.807) is 51.1 Å².